The fourth-order valence-corrected chi connectivity index (χ4v) is 4.85. The normalized spacial score (nSPS) is 13.5. The number of primary amides is 1. The predicted octanol–water partition coefficient (Wildman–Crippen LogP) is 4.09. The fourth-order valence-electron chi connectivity index (χ4n) is 3.54. The first-order chi connectivity index (χ1) is 13.1. The zero-order chi connectivity index (χ0) is 19.2. The lowest BCUT2D eigenvalue weighted by Gasteiger charge is -2.10. The van der Waals surface area contributed by atoms with Crippen molar-refractivity contribution in [2.24, 2.45) is 5.73 Å². The Labute approximate surface area is 163 Å². The highest BCUT2D eigenvalue weighted by Gasteiger charge is 2.24. The third-order valence-electron chi connectivity index (χ3n) is 4.81. The average Bonchev–Trinajstić information content (AvgIpc) is 2.82. The van der Waals surface area contributed by atoms with E-state index in [4.69, 9.17) is 10.5 Å². The molecule has 0 fully saturated rings. The van der Waals surface area contributed by atoms with E-state index in [2.05, 4.69) is 5.32 Å². The lowest BCUT2D eigenvalue weighted by molar-refractivity contribution is -0.116. The lowest BCUT2D eigenvalue weighted by atomic mass is 10.0. The highest BCUT2D eigenvalue weighted by Crippen LogP contribution is 2.37. The number of hydrogen-bond acceptors (Lipinski definition) is 4. The van der Waals surface area contributed by atoms with E-state index in [1.165, 1.54) is 22.6 Å². The van der Waals surface area contributed by atoms with Gasteiger partial charge in [-0.3, -0.25) is 9.59 Å². The van der Waals surface area contributed by atoms with Crippen molar-refractivity contribution in [3.05, 3.63) is 45.8 Å². The molecule has 0 unspecified atom stereocenters. The number of para-hydroxylation sites is 1. The summed E-state index contributed by atoms with van der Waals surface area (Å²) in [6.07, 6.45) is 6.07. The summed E-state index contributed by atoms with van der Waals surface area (Å²) in [7, 11) is 0. The SMILES string of the molecule is CCOc1ccccc1CCC(=O)Nc1sc2c(c1C(N)=O)CCCCC2. The van der Waals surface area contributed by atoms with Gasteiger partial charge in [-0.2, -0.15) is 0 Å². The fraction of sp³-hybridized carbons (Fsp3) is 0.429. The maximum absolute atomic E-state index is 12.5. The van der Waals surface area contributed by atoms with Crippen LogP contribution in [0.25, 0.3) is 0 Å². The van der Waals surface area contributed by atoms with E-state index in [9.17, 15) is 9.59 Å². The minimum absolute atomic E-state index is 0.111. The predicted molar refractivity (Wildman–Crippen MR) is 109 cm³/mol. The largest absolute Gasteiger partial charge is 0.494 e. The molecule has 3 N–H and O–H groups in total. The summed E-state index contributed by atoms with van der Waals surface area (Å²) in [4.78, 5) is 25.7. The van der Waals surface area contributed by atoms with Crippen LogP contribution in [-0.2, 0) is 24.1 Å². The molecule has 0 aliphatic heterocycles. The maximum Gasteiger partial charge on any atom is 0.251 e. The number of thiophene rings is 1. The molecule has 1 heterocycles. The lowest BCUT2D eigenvalue weighted by Crippen LogP contribution is -2.18. The van der Waals surface area contributed by atoms with Crippen LogP contribution in [0.15, 0.2) is 24.3 Å². The number of amides is 2. The van der Waals surface area contributed by atoms with E-state index < -0.39 is 5.91 Å². The highest BCUT2D eigenvalue weighted by atomic mass is 32.1. The molecular formula is C21H26N2O3S. The van der Waals surface area contributed by atoms with E-state index in [0.717, 1.165) is 42.6 Å². The van der Waals surface area contributed by atoms with Gasteiger partial charge in [0.25, 0.3) is 5.91 Å². The Morgan fingerprint density at radius 1 is 1.19 bits per heavy atom. The van der Waals surface area contributed by atoms with Crippen molar-refractivity contribution in [3.8, 4) is 5.75 Å². The van der Waals surface area contributed by atoms with Gasteiger partial charge in [-0.15, -0.1) is 11.3 Å². The number of hydrogen-bond donors (Lipinski definition) is 2. The number of nitrogens with one attached hydrogen (secondary N) is 1. The first-order valence-electron chi connectivity index (χ1n) is 9.55. The van der Waals surface area contributed by atoms with Crippen molar-refractivity contribution >= 4 is 28.2 Å². The van der Waals surface area contributed by atoms with Gasteiger partial charge < -0.3 is 15.8 Å². The molecule has 1 aromatic carbocycles. The van der Waals surface area contributed by atoms with Crippen LogP contribution in [0.2, 0.25) is 0 Å². The molecule has 0 spiro atoms. The highest BCUT2D eigenvalue weighted by molar-refractivity contribution is 7.17. The van der Waals surface area contributed by atoms with Gasteiger partial charge in [0.15, 0.2) is 0 Å². The number of benzene rings is 1. The zero-order valence-electron chi connectivity index (χ0n) is 15.7. The van der Waals surface area contributed by atoms with Crippen LogP contribution < -0.4 is 15.8 Å². The van der Waals surface area contributed by atoms with E-state index in [0.29, 0.717) is 30.0 Å². The summed E-state index contributed by atoms with van der Waals surface area (Å²) in [5.74, 6) is 0.250. The standard InChI is InChI=1S/C21H26N2O3S/c1-2-26-16-10-7-6-8-14(16)12-13-18(24)23-21-19(20(22)25)15-9-4-3-5-11-17(15)27-21/h6-8,10H,2-5,9,11-13H2,1H3,(H2,22,25)(H,23,24). The molecule has 0 radical (unpaired) electrons. The van der Waals surface area contributed by atoms with Gasteiger partial charge in [0, 0.05) is 11.3 Å². The Kier molecular flexibility index (Phi) is 6.50. The minimum Gasteiger partial charge on any atom is -0.494 e. The molecule has 144 valence electrons. The van der Waals surface area contributed by atoms with Crippen molar-refractivity contribution in [1.29, 1.82) is 0 Å². The summed E-state index contributed by atoms with van der Waals surface area (Å²) in [6.45, 7) is 2.53. The number of ether oxygens (including phenoxy) is 1. The molecule has 3 rings (SSSR count). The van der Waals surface area contributed by atoms with Crippen LogP contribution in [-0.4, -0.2) is 18.4 Å². The Morgan fingerprint density at radius 2 is 1.96 bits per heavy atom. The van der Waals surface area contributed by atoms with Crippen molar-refractivity contribution in [2.75, 3.05) is 11.9 Å². The number of aryl methyl sites for hydroxylation is 2. The summed E-state index contributed by atoms with van der Waals surface area (Å²) >= 11 is 1.51. The average molecular weight is 387 g/mol. The number of anilines is 1. The number of nitrogens with two attached hydrogens (primary N) is 1. The van der Waals surface area contributed by atoms with Gasteiger partial charge in [0.2, 0.25) is 5.91 Å². The first kappa shape index (κ1) is 19.4. The van der Waals surface area contributed by atoms with Gasteiger partial charge in [-0.05, 0) is 56.2 Å². The van der Waals surface area contributed by atoms with Crippen LogP contribution in [0.3, 0.4) is 0 Å². The molecule has 5 nitrogen and oxygen atoms in total. The molecule has 1 aliphatic carbocycles. The summed E-state index contributed by atoms with van der Waals surface area (Å²) in [5.41, 5.74) is 8.19. The molecule has 0 bridgehead atoms. The smallest absolute Gasteiger partial charge is 0.251 e. The van der Waals surface area contributed by atoms with Gasteiger partial charge in [-0.25, -0.2) is 0 Å². The third kappa shape index (κ3) is 4.69. The second kappa shape index (κ2) is 9.04. The molecule has 0 saturated heterocycles. The molecular weight excluding hydrogens is 360 g/mol. The van der Waals surface area contributed by atoms with E-state index >= 15 is 0 Å². The number of carbonyl (C=O) groups excluding carboxylic acids is 2. The van der Waals surface area contributed by atoms with Crippen LogP contribution in [0.4, 0.5) is 5.00 Å². The molecule has 27 heavy (non-hydrogen) atoms. The Bertz CT molecular complexity index is 829. The van der Waals surface area contributed by atoms with Crippen LogP contribution >= 0.6 is 11.3 Å². The van der Waals surface area contributed by atoms with Crippen molar-refractivity contribution < 1.29 is 14.3 Å². The van der Waals surface area contributed by atoms with Gasteiger partial charge >= 0.3 is 0 Å². The van der Waals surface area contributed by atoms with Crippen LogP contribution in [0.1, 0.15) is 59.0 Å². The molecule has 0 atom stereocenters. The third-order valence-corrected chi connectivity index (χ3v) is 6.02. The molecule has 6 heteroatoms. The van der Waals surface area contributed by atoms with Crippen LogP contribution in [0, 0.1) is 0 Å². The topological polar surface area (TPSA) is 81.4 Å². The first-order valence-corrected chi connectivity index (χ1v) is 10.4. The molecule has 0 saturated carbocycles. The monoisotopic (exact) mass is 386 g/mol. The Hall–Kier alpha value is -2.34. The van der Waals surface area contributed by atoms with Crippen LogP contribution in [0.5, 0.6) is 5.75 Å². The Morgan fingerprint density at radius 3 is 2.74 bits per heavy atom. The zero-order valence-corrected chi connectivity index (χ0v) is 16.5. The number of fused-ring (bicyclic) bond motifs is 1. The Balaban J connectivity index is 1.70. The number of carbonyl (C=O) groups is 2. The van der Waals surface area contributed by atoms with Crippen molar-refractivity contribution in [2.45, 2.75) is 51.9 Å². The molecule has 1 aliphatic rings. The molecule has 1 aromatic heterocycles. The van der Waals surface area contributed by atoms with E-state index in [-0.39, 0.29) is 5.91 Å². The van der Waals surface area contributed by atoms with Gasteiger partial charge in [0.05, 0.1) is 12.2 Å². The number of rotatable bonds is 7. The van der Waals surface area contributed by atoms with E-state index in [1.807, 2.05) is 31.2 Å². The minimum atomic E-state index is -0.452. The summed E-state index contributed by atoms with van der Waals surface area (Å²) in [6, 6.07) is 7.75. The maximum atomic E-state index is 12.5. The quantitative estimate of drug-likeness (QED) is 0.703. The van der Waals surface area contributed by atoms with Gasteiger partial charge in [0.1, 0.15) is 10.8 Å². The summed E-state index contributed by atoms with van der Waals surface area (Å²) < 4.78 is 5.61. The second-order valence-corrected chi connectivity index (χ2v) is 7.83. The summed E-state index contributed by atoms with van der Waals surface area (Å²) in [5, 5.41) is 3.54. The molecule has 2 amide bonds. The second-order valence-electron chi connectivity index (χ2n) is 6.72. The van der Waals surface area contributed by atoms with Crippen molar-refractivity contribution in [1.82, 2.24) is 0 Å². The van der Waals surface area contributed by atoms with Gasteiger partial charge in [-0.1, -0.05) is 24.6 Å². The molecule has 2 aromatic rings. The van der Waals surface area contributed by atoms with E-state index in [1.54, 1.807) is 0 Å². The van der Waals surface area contributed by atoms with Crippen molar-refractivity contribution in [3.63, 3.8) is 0 Å².